The third-order valence-corrected chi connectivity index (χ3v) is 4.12. The summed E-state index contributed by atoms with van der Waals surface area (Å²) in [6, 6.07) is 23.2. The van der Waals surface area contributed by atoms with Gasteiger partial charge < -0.3 is 9.64 Å². The lowest BCUT2D eigenvalue weighted by atomic mass is 10.1. The lowest BCUT2D eigenvalue weighted by molar-refractivity contribution is 0.0735. The van der Waals surface area contributed by atoms with Crippen LogP contribution in [0.15, 0.2) is 78.9 Å². The van der Waals surface area contributed by atoms with Crippen molar-refractivity contribution in [2.45, 2.75) is 6.92 Å². The molecule has 3 rings (SSSR count). The molecule has 26 heavy (non-hydrogen) atoms. The number of rotatable bonds is 4. The number of nitrogens with zero attached hydrogens (tertiary/aromatic N) is 1. The van der Waals surface area contributed by atoms with E-state index in [-0.39, 0.29) is 5.91 Å². The van der Waals surface area contributed by atoms with Crippen molar-refractivity contribution in [2.24, 2.45) is 0 Å². The Balaban J connectivity index is 1.90. The lowest BCUT2D eigenvalue weighted by Crippen LogP contribution is -2.29. The van der Waals surface area contributed by atoms with Crippen LogP contribution in [-0.2, 0) is 0 Å². The van der Waals surface area contributed by atoms with Gasteiger partial charge in [0.2, 0.25) is 0 Å². The standard InChI is InChI=1S/C22H19NO3/c1-16-10-6-7-13-18(16)21(24)23(2)20-15-9-8-14-19(20)22(25)26-17-11-4-3-5-12-17/h3-15H,1-2H3. The number of para-hydroxylation sites is 2. The summed E-state index contributed by atoms with van der Waals surface area (Å²) in [6.07, 6.45) is 0. The fourth-order valence-corrected chi connectivity index (χ4v) is 2.69. The van der Waals surface area contributed by atoms with Gasteiger partial charge >= 0.3 is 5.97 Å². The van der Waals surface area contributed by atoms with Gasteiger partial charge in [-0.25, -0.2) is 4.79 Å². The molecule has 1 amide bonds. The fraction of sp³-hybridized carbons (Fsp3) is 0.0909. The summed E-state index contributed by atoms with van der Waals surface area (Å²) >= 11 is 0. The van der Waals surface area contributed by atoms with Crippen molar-refractivity contribution >= 4 is 17.6 Å². The summed E-state index contributed by atoms with van der Waals surface area (Å²) in [4.78, 5) is 27.0. The molecule has 0 aliphatic rings. The number of esters is 1. The van der Waals surface area contributed by atoms with Crippen molar-refractivity contribution in [3.05, 3.63) is 95.6 Å². The number of hydrogen-bond acceptors (Lipinski definition) is 3. The Morgan fingerprint density at radius 1 is 0.769 bits per heavy atom. The Kier molecular flexibility index (Phi) is 5.13. The molecule has 4 heteroatoms. The molecule has 0 aromatic heterocycles. The molecule has 0 fully saturated rings. The normalized spacial score (nSPS) is 10.2. The summed E-state index contributed by atoms with van der Waals surface area (Å²) in [5.74, 6) is -0.223. The van der Waals surface area contributed by atoms with E-state index in [4.69, 9.17) is 4.74 Å². The van der Waals surface area contributed by atoms with Crippen LogP contribution in [0.2, 0.25) is 0 Å². The van der Waals surface area contributed by atoms with Crippen LogP contribution in [0.4, 0.5) is 5.69 Å². The first-order chi connectivity index (χ1) is 12.6. The van der Waals surface area contributed by atoms with Crippen molar-refractivity contribution in [3.8, 4) is 5.75 Å². The van der Waals surface area contributed by atoms with Gasteiger partial charge in [-0.2, -0.15) is 0 Å². The van der Waals surface area contributed by atoms with Gasteiger partial charge in [0.05, 0.1) is 11.3 Å². The van der Waals surface area contributed by atoms with Crippen molar-refractivity contribution in [1.82, 2.24) is 0 Å². The Bertz CT molecular complexity index is 935. The Hall–Kier alpha value is -3.40. The monoisotopic (exact) mass is 345 g/mol. The highest BCUT2D eigenvalue weighted by Crippen LogP contribution is 2.24. The number of amides is 1. The molecule has 0 atom stereocenters. The predicted molar refractivity (Wildman–Crippen MR) is 102 cm³/mol. The summed E-state index contributed by atoms with van der Waals surface area (Å²) in [7, 11) is 1.66. The average molecular weight is 345 g/mol. The summed E-state index contributed by atoms with van der Waals surface area (Å²) < 4.78 is 5.42. The van der Waals surface area contributed by atoms with E-state index in [1.807, 2.05) is 31.2 Å². The first kappa shape index (κ1) is 17.4. The molecule has 0 heterocycles. The van der Waals surface area contributed by atoms with E-state index >= 15 is 0 Å². The summed E-state index contributed by atoms with van der Waals surface area (Å²) in [6.45, 7) is 1.89. The van der Waals surface area contributed by atoms with Crippen LogP contribution < -0.4 is 9.64 Å². The van der Waals surface area contributed by atoms with Crippen LogP contribution in [0.1, 0.15) is 26.3 Å². The molecule has 0 bridgehead atoms. The molecular weight excluding hydrogens is 326 g/mol. The van der Waals surface area contributed by atoms with Gasteiger partial charge in [-0.1, -0.05) is 48.5 Å². The van der Waals surface area contributed by atoms with Gasteiger partial charge in [0.1, 0.15) is 5.75 Å². The molecular formula is C22H19NO3. The van der Waals surface area contributed by atoms with Crippen molar-refractivity contribution in [3.63, 3.8) is 0 Å². The Morgan fingerprint density at radius 2 is 1.35 bits per heavy atom. The second kappa shape index (κ2) is 7.66. The maximum atomic E-state index is 12.9. The second-order valence-corrected chi connectivity index (χ2v) is 5.90. The number of carbonyl (C=O) groups is 2. The zero-order valence-electron chi connectivity index (χ0n) is 14.7. The van der Waals surface area contributed by atoms with Crippen LogP contribution in [0.3, 0.4) is 0 Å². The zero-order valence-corrected chi connectivity index (χ0v) is 14.7. The minimum atomic E-state index is -0.503. The smallest absolute Gasteiger partial charge is 0.345 e. The molecule has 0 radical (unpaired) electrons. The first-order valence-corrected chi connectivity index (χ1v) is 8.28. The van der Waals surface area contributed by atoms with Crippen LogP contribution in [-0.4, -0.2) is 18.9 Å². The van der Waals surface area contributed by atoms with Crippen molar-refractivity contribution < 1.29 is 14.3 Å². The molecule has 4 nitrogen and oxygen atoms in total. The van der Waals surface area contributed by atoms with Crippen molar-refractivity contribution in [1.29, 1.82) is 0 Å². The van der Waals surface area contributed by atoms with E-state index < -0.39 is 5.97 Å². The Morgan fingerprint density at radius 3 is 2.04 bits per heavy atom. The van der Waals surface area contributed by atoms with E-state index in [1.165, 1.54) is 4.90 Å². The minimum Gasteiger partial charge on any atom is -0.423 e. The second-order valence-electron chi connectivity index (χ2n) is 5.90. The molecule has 0 saturated carbocycles. The average Bonchev–Trinajstić information content (AvgIpc) is 2.68. The molecule has 3 aromatic carbocycles. The van der Waals surface area contributed by atoms with Crippen LogP contribution in [0.5, 0.6) is 5.75 Å². The van der Waals surface area contributed by atoms with Crippen LogP contribution in [0, 0.1) is 6.92 Å². The molecule has 0 aliphatic heterocycles. The highest BCUT2D eigenvalue weighted by atomic mass is 16.5. The van der Waals surface area contributed by atoms with Crippen molar-refractivity contribution in [2.75, 3.05) is 11.9 Å². The predicted octanol–water partition coefficient (Wildman–Crippen LogP) is 4.49. The maximum Gasteiger partial charge on any atom is 0.345 e. The van der Waals surface area contributed by atoms with E-state index in [2.05, 4.69) is 0 Å². The molecule has 130 valence electrons. The molecule has 0 spiro atoms. The Labute approximate surface area is 152 Å². The molecule has 0 N–H and O–H groups in total. The van der Waals surface area contributed by atoms with E-state index in [1.54, 1.807) is 61.6 Å². The van der Waals surface area contributed by atoms with E-state index in [9.17, 15) is 9.59 Å². The van der Waals surface area contributed by atoms with Crippen LogP contribution in [0.25, 0.3) is 0 Å². The maximum absolute atomic E-state index is 12.9. The zero-order chi connectivity index (χ0) is 18.5. The van der Waals surface area contributed by atoms with Gasteiger partial charge in [-0.05, 0) is 42.8 Å². The number of ether oxygens (including phenoxy) is 1. The molecule has 0 saturated heterocycles. The van der Waals surface area contributed by atoms with E-state index in [0.29, 0.717) is 22.6 Å². The molecule has 0 unspecified atom stereocenters. The highest BCUT2D eigenvalue weighted by Gasteiger charge is 2.21. The van der Waals surface area contributed by atoms with Gasteiger partial charge in [-0.3, -0.25) is 4.79 Å². The van der Waals surface area contributed by atoms with Gasteiger partial charge in [-0.15, -0.1) is 0 Å². The molecule has 3 aromatic rings. The SMILES string of the molecule is Cc1ccccc1C(=O)N(C)c1ccccc1C(=O)Oc1ccccc1. The number of hydrogen-bond donors (Lipinski definition) is 0. The first-order valence-electron chi connectivity index (χ1n) is 8.28. The largest absolute Gasteiger partial charge is 0.423 e. The fourth-order valence-electron chi connectivity index (χ4n) is 2.69. The lowest BCUT2D eigenvalue weighted by Gasteiger charge is -2.21. The number of benzene rings is 3. The minimum absolute atomic E-state index is 0.178. The van der Waals surface area contributed by atoms with E-state index in [0.717, 1.165) is 5.56 Å². The topological polar surface area (TPSA) is 46.6 Å². The number of anilines is 1. The van der Waals surface area contributed by atoms with Crippen LogP contribution >= 0.6 is 0 Å². The van der Waals surface area contributed by atoms with Gasteiger partial charge in [0, 0.05) is 12.6 Å². The summed E-state index contributed by atoms with van der Waals surface area (Å²) in [5.41, 5.74) is 2.32. The number of aryl methyl sites for hydroxylation is 1. The third-order valence-electron chi connectivity index (χ3n) is 4.12. The molecule has 0 aliphatic carbocycles. The third kappa shape index (κ3) is 3.64. The quantitative estimate of drug-likeness (QED) is 0.517. The van der Waals surface area contributed by atoms with Gasteiger partial charge in [0.15, 0.2) is 0 Å². The number of carbonyl (C=O) groups excluding carboxylic acids is 2. The van der Waals surface area contributed by atoms with Gasteiger partial charge in [0.25, 0.3) is 5.91 Å². The summed E-state index contributed by atoms with van der Waals surface area (Å²) in [5, 5.41) is 0. The highest BCUT2D eigenvalue weighted by molar-refractivity contribution is 6.10.